The maximum atomic E-state index is 15.6. The van der Waals surface area contributed by atoms with Gasteiger partial charge in [-0.1, -0.05) is 32.1 Å². The Kier molecular flexibility index (Phi) is 12.0. The molecule has 5 fully saturated rings. The van der Waals surface area contributed by atoms with Crippen molar-refractivity contribution in [1.29, 1.82) is 0 Å². The number of sulfone groups is 1. The molecule has 1 amide bonds. The number of piperidine rings is 2. The van der Waals surface area contributed by atoms with Crippen molar-refractivity contribution in [2.75, 3.05) is 77.5 Å². The number of anilines is 1. The van der Waals surface area contributed by atoms with E-state index in [0.717, 1.165) is 89.4 Å². The lowest BCUT2D eigenvalue weighted by Gasteiger charge is -2.55. The highest BCUT2D eigenvalue weighted by Gasteiger charge is 2.53. The number of nitrogens with one attached hydrogen (secondary N) is 1. The molecule has 2 N–H and O–H groups in total. The molecule has 4 heterocycles. The van der Waals surface area contributed by atoms with E-state index >= 15 is 8.78 Å². The molecule has 4 aliphatic heterocycles. The van der Waals surface area contributed by atoms with Gasteiger partial charge in [-0.25, -0.2) is 22.0 Å². The molecule has 0 bridgehead atoms. The van der Waals surface area contributed by atoms with E-state index < -0.39 is 33.2 Å². The van der Waals surface area contributed by atoms with E-state index in [0.29, 0.717) is 44.1 Å². The molecule has 10 nitrogen and oxygen atoms in total. The van der Waals surface area contributed by atoms with Gasteiger partial charge in [-0.05, 0) is 125 Å². The summed E-state index contributed by atoms with van der Waals surface area (Å²) in [6, 6.07) is 11.4. The number of amides is 1. The average Bonchev–Trinajstić information content (AvgIpc) is 3.61. The van der Waals surface area contributed by atoms with E-state index in [1.165, 1.54) is 25.3 Å². The highest BCUT2D eigenvalue weighted by atomic mass is 32.2. The zero-order valence-corrected chi connectivity index (χ0v) is 33.3. The summed E-state index contributed by atoms with van der Waals surface area (Å²) in [7, 11) is -2.38. The Hall–Kier alpha value is -3.10. The van der Waals surface area contributed by atoms with Gasteiger partial charge >= 0.3 is 6.09 Å². The van der Waals surface area contributed by atoms with Crippen LogP contribution in [-0.4, -0.2) is 124 Å². The third-order valence-corrected chi connectivity index (χ3v) is 15.7. The molecular weight excluding hydrogens is 725 g/mol. The first-order chi connectivity index (χ1) is 26.3. The third-order valence-electron chi connectivity index (χ3n) is 13.6. The lowest BCUT2D eigenvalue weighted by molar-refractivity contribution is 0.0159. The van der Waals surface area contributed by atoms with Gasteiger partial charge in [0, 0.05) is 56.1 Å². The molecule has 302 valence electrons. The number of aliphatic hydroxyl groups excluding tert-OH is 1. The van der Waals surface area contributed by atoms with Crippen molar-refractivity contribution in [2.24, 2.45) is 17.3 Å². The number of alkyl carbamates (subject to hydrolysis) is 1. The van der Waals surface area contributed by atoms with Crippen molar-refractivity contribution in [3.8, 4) is 0 Å². The summed E-state index contributed by atoms with van der Waals surface area (Å²) in [6.07, 6.45) is 7.09. The predicted molar refractivity (Wildman–Crippen MR) is 210 cm³/mol. The molecular formula is C42H59F2N5O5S. The molecule has 13 heteroatoms. The molecule has 0 spiro atoms. The third kappa shape index (κ3) is 8.19. The Morgan fingerprint density at radius 3 is 2.44 bits per heavy atom. The number of likely N-dealkylation sites (tertiary alicyclic amines) is 3. The minimum absolute atomic E-state index is 0.0201. The molecule has 0 aromatic heterocycles. The number of hydrogen-bond donors (Lipinski definition) is 2. The molecule has 4 saturated heterocycles. The van der Waals surface area contributed by atoms with Crippen LogP contribution in [0.2, 0.25) is 0 Å². The van der Waals surface area contributed by atoms with Gasteiger partial charge in [-0.2, -0.15) is 0 Å². The van der Waals surface area contributed by atoms with Gasteiger partial charge in [0.2, 0.25) is 0 Å². The smallest absolute Gasteiger partial charge is 0.407 e. The van der Waals surface area contributed by atoms with Crippen LogP contribution in [0.3, 0.4) is 0 Å². The van der Waals surface area contributed by atoms with Crippen LogP contribution in [0.15, 0.2) is 60.0 Å². The predicted octanol–water partition coefficient (Wildman–Crippen LogP) is 5.41. The van der Waals surface area contributed by atoms with Gasteiger partial charge in [-0.15, -0.1) is 0 Å². The molecule has 2 aromatic rings. The minimum atomic E-state index is -3.79. The zero-order valence-electron chi connectivity index (χ0n) is 32.5. The van der Waals surface area contributed by atoms with E-state index in [-0.39, 0.29) is 40.0 Å². The highest BCUT2D eigenvalue weighted by molar-refractivity contribution is 7.92. The first-order valence-corrected chi connectivity index (χ1v) is 21.8. The number of carbonyl (C=O) groups is 1. The summed E-state index contributed by atoms with van der Waals surface area (Å²) in [6.45, 7) is 13.5. The molecule has 5 atom stereocenters. The standard InChI is InChI=1S/C42H59F2N5O5S/c1-4-39(50)48-20-7-11-34(25-48)55(52,53)33-14-15-38(36(44)24-33)49-27-41(2,28-49)26-47-21-16-30(17-22-47)42(29-46-18-8-19-46,31-9-5-10-32(43)23-31)35-12-6-13-37(35)45-40(51)54-3/h4-5,9-10,14-15,23-24,30,34-35,37,39,50H,1,6-8,11-13,16-22,25-29H2,2-3H3,(H,45,51)/t34?,35-,37-,39?,42?/m0/s1. The first-order valence-electron chi connectivity index (χ1n) is 20.2. The van der Waals surface area contributed by atoms with Gasteiger partial charge in [0.15, 0.2) is 9.84 Å². The second kappa shape index (κ2) is 16.4. The summed E-state index contributed by atoms with van der Waals surface area (Å²) in [4.78, 5) is 21.2. The number of halogens is 2. The number of aliphatic hydroxyl groups is 1. The lowest BCUT2D eigenvalue weighted by atomic mass is 9.57. The van der Waals surface area contributed by atoms with Gasteiger partial charge < -0.3 is 29.9 Å². The molecule has 7 rings (SSSR count). The van der Waals surface area contributed by atoms with E-state index in [2.05, 4.69) is 34.7 Å². The molecule has 2 aromatic carbocycles. The van der Waals surface area contributed by atoms with Crippen LogP contribution in [0.5, 0.6) is 0 Å². The summed E-state index contributed by atoms with van der Waals surface area (Å²) in [5.41, 5.74) is 1.07. The van der Waals surface area contributed by atoms with Gasteiger partial charge in [0.1, 0.15) is 17.9 Å². The number of hydrogen-bond acceptors (Lipinski definition) is 9. The second-order valence-corrected chi connectivity index (χ2v) is 19.5. The van der Waals surface area contributed by atoms with Crippen LogP contribution in [0.4, 0.5) is 19.3 Å². The Morgan fingerprint density at radius 2 is 1.78 bits per heavy atom. The van der Waals surface area contributed by atoms with E-state index in [9.17, 15) is 18.3 Å². The number of carbonyl (C=O) groups excluding carboxylic acids is 1. The average molecular weight is 784 g/mol. The molecule has 3 unspecified atom stereocenters. The quantitative estimate of drug-likeness (QED) is 0.258. The van der Waals surface area contributed by atoms with Crippen LogP contribution in [0.25, 0.3) is 0 Å². The Labute approximate surface area is 325 Å². The number of rotatable bonds is 13. The minimum Gasteiger partial charge on any atom is -0.453 e. The SMILES string of the molecule is C=CC(O)N1CCCC(S(=O)(=O)c2ccc(N3CC(C)(CN4CCC(C(CN5CCC5)(c5cccc(F)c5)[C@H]5CCC[C@@H]5NC(=O)OC)CC4)C3)c(F)c2)C1. The normalized spacial score (nSPS) is 27.1. The number of nitrogens with zero attached hydrogens (tertiary/aromatic N) is 4. The van der Waals surface area contributed by atoms with Crippen molar-refractivity contribution in [2.45, 2.75) is 86.1 Å². The number of ether oxygens (including phenoxy) is 1. The van der Waals surface area contributed by atoms with Crippen LogP contribution >= 0.6 is 0 Å². The van der Waals surface area contributed by atoms with Crippen molar-refractivity contribution >= 4 is 21.6 Å². The molecule has 5 aliphatic rings. The monoisotopic (exact) mass is 783 g/mol. The van der Waals surface area contributed by atoms with E-state index in [4.69, 9.17) is 4.74 Å². The van der Waals surface area contributed by atoms with Crippen molar-refractivity contribution < 1.29 is 31.8 Å². The molecule has 0 radical (unpaired) electrons. The second-order valence-electron chi connectivity index (χ2n) is 17.2. The van der Waals surface area contributed by atoms with E-state index in [1.807, 2.05) is 11.0 Å². The maximum absolute atomic E-state index is 15.6. The number of benzene rings is 2. The largest absolute Gasteiger partial charge is 0.453 e. The van der Waals surface area contributed by atoms with Crippen molar-refractivity contribution in [1.82, 2.24) is 20.0 Å². The molecule has 1 saturated carbocycles. The fourth-order valence-electron chi connectivity index (χ4n) is 10.8. The summed E-state index contributed by atoms with van der Waals surface area (Å²) in [5.74, 6) is -0.309. The van der Waals surface area contributed by atoms with Crippen LogP contribution in [0, 0.1) is 28.9 Å². The van der Waals surface area contributed by atoms with Crippen LogP contribution in [-0.2, 0) is 20.0 Å². The topological polar surface area (TPSA) is 106 Å². The fourth-order valence-corrected chi connectivity index (χ4v) is 12.5. The van der Waals surface area contributed by atoms with Crippen LogP contribution in [0.1, 0.15) is 63.9 Å². The van der Waals surface area contributed by atoms with Crippen LogP contribution < -0.4 is 10.2 Å². The van der Waals surface area contributed by atoms with Gasteiger partial charge in [0.05, 0.1) is 22.9 Å². The Balaban J connectivity index is 1.02. The maximum Gasteiger partial charge on any atom is 0.407 e. The Bertz CT molecular complexity index is 1800. The van der Waals surface area contributed by atoms with Gasteiger partial charge in [-0.3, -0.25) is 4.90 Å². The molecule has 1 aliphatic carbocycles. The summed E-state index contributed by atoms with van der Waals surface area (Å²) >= 11 is 0. The van der Waals surface area contributed by atoms with Crippen molar-refractivity contribution in [3.63, 3.8) is 0 Å². The lowest BCUT2D eigenvalue weighted by Crippen LogP contribution is -2.62. The van der Waals surface area contributed by atoms with Crippen molar-refractivity contribution in [3.05, 3.63) is 72.3 Å². The molecule has 55 heavy (non-hydrogen) atoms. The van der Waals surface area contributed by atoms with E-state index in [1.54, 1.807) is 17.0 Å². The van der Waals surface area contributed by atoms with Gasteiger partial charge in [0.25, 0.3) is 0 Å². The summed E-state index contributed by atoms with van der Waals surface area (Å²) in [5, 5.41) is 12.6. The highest BCUT2D eigenvalue weighted by Crippen LogP contribution is 2.52. The zero-order chi connectivity index (χ0) is 39.0. The summed E-state index contributed by atoms with van der Waals surface area (Å²) < 4.78 is 62.8. The number of methoxy groups -OCH3 is 1. The fraction of sp³-hybridized carbons (Fsp3) is 0.643. The first kappa shape index (κ1) is 40.1. The Morgan fingerprint density at radius 1 is 1.02 bits per heavy atom.